The Labute approximate surface area is 161 Å². The SMILES string of the molecule is Nc1cccc(Oc2cccc(Oc3cccc(N)c3)c2-c2cccs2)c1. The third kappa shape index (κ3) is 3.88. The van der Waals surface area contributed by atoms with Gasteiger partial charge in [-0.2, -0.15) is 0 Å². The van der Waals surface area contributed by atoms with Gasteiger partial charge < -0.3 is 20.9 Å². The molecular formula is C22H18N2O2S. The molecule has 1 heterocycles. The molecule has 134 valence electrons. The highest BCUT2D eigenvalue weighted by atomic mass is 32.1. The molecule has 0 radical (unpaired) electrons. The van der Waals surface area contributed by atoms with Crippen molar-refractivity contribution in [3.8, 4) is 33.4 Å². The molecule has 0 aliphatic heterocycles. The van der Waals surface area contributed by atoms with Gasteiger partial charge in [-0.05, 0) is 47.8 Å². The summed E-state index contributed by atoms with van der Waals surface area (Å²) < 4.78 is 12.3. The molecule has 5 heteroatoms. The summed E-state index contributed by atoms with van der Waals surface area (Å²) in [4.78, 5) is 1.05. The topological polar surface area (TPSA) is 70.5 Å². The van der Waals surface area contributed by atoms with Crippen LogP contribution in [0.4, 0.5) is 11.4 Å². The van der Waals surface area contributed by atoms with Gasteiger partial charge in [0.05, 0.1) is 5.56 Å². The molecule has 0 bridgehead atoms. The number of ether oxygens (including phenoxy) is 2. The molecule has 0 aliphatic carbocycles. The van der Waals surface area contributed by atoms with Crippen LogP contribution in [0, 0.1) is 0 Å². The molecule has 4 nitrogen and oxygen atoms in total. The van der Waals surface area contributed by atoms with Gasteiger partial charge in [-0.3, -0.25) is 0 Å². The standard InChI is InChI=1S/C22H18N2O2S/c23-15-5-1-7-17(13-15)25-19-9-3-10-20(22(19)21-11-4-12-27-21)26-18-8-2-6-16(24)14-18/h1-14H,23-24H2. The van der Waals surface area contributed by atoms with Crippen molar-refractivity contribution in [2.75, 3.05) is 11.5 Å². The fourth-order valence-electron chi connectivity index (χ4n) is 2.75. The Kier molecular flexibility index (Phi) is 4.68. The largest absolute Gasteiger partial charge is 0.456 e. The second-order valence-corrected chi connectivity index (χ2v) is 6.90. The Bertz CT molecular complexity index is 996. The van der Waals surface area contributed by atoms with Crippen LogP contribution in [0.3, 0.4) is 0 Å². The van der Waals surface area contributed by atoms with Crippen molar-refractivity contribution < 1.29 is 9.47 Å². The van der Waals surface area contributed by atoms with Gasteiger partial charge in [0.1, 0.15) is 23.0 Å². The first-order chi connectivity index (χ1) is 13.2. The average molecular weight is 374 g/mol. The number of hydrogen-bond donors (Lipinski definition) is 2. The Morgan fingerprint density at radius 1 is 0.630 bits per heavy atom. The Morgan fingerprint density at radius 3 is 1.67 bits per heavy atom. The highest BCUT2D eigenvalue weighted by molar-refractivity contribution is 7.13. The van der Waals surface area contributed by atoms with Gasteiger partial charge in [0.2, 0.25) is 0 Å². The van der Waals surface area contributed by atoms with Gasteiger partial charge in [0.15, 0.2) is 0 Å². The lowest BCUT2D eigenvalue weighted by atomic mass is 10.1. The van der Waals surface area contributed by atoms with Crippen LogP contribution in [0.15, 0.2) is 84.2 Å². The number of rotatable bonds is 5. The molecule has 27 heavy (non-hydrogen) atoms. The fourth-order valence-corrected chi connectivity index (χ4v) is 3.53. The van der Waals surface area contributed by atoms with Crippen molar-refractivity contribution in [1.29, 1.82) is 0 Å². The Morgan fingerprint density at radius 2 is 1.19 bits per heavy atom. The first kappa shape index (κ1) is 17.0. The maximum atomic E-state index is 6.14. The lowest BCUT2D eigenvalue weighted by molar-refractivity contribution is 0.464. The minimum Gasteiger partial charge on any atom is -0.456 e. The molecule has 0 saturated heterocycles. The molecule has 0 unspecified atom stereocenters. The summed E-state index contributed by atoms with van der Waals surface area (Å²) in [5.41, 5.74) is 13.9. The molecule has 0 amide bonds. The third-order valence-corrected chi connectivity index (χ3v) is 4.81. The zero-order valence-corrected chi connectivity index (χ0v) is 15.3. The molecule has 0 spiro atoms. The maximum absolute atomic E-state index is 6.14. The van der Waals surface area contributed by atoms with E-state index in [4.69, 9.17) is 20.9 Å². The second kappa shape index (κ2) is 7.43. The van der Waals surface area contributed by atoms with E-state index < -0.39 is 0 Å². The maximum Gasteiger partial charge on any atom is 0.139 e. The Hall–Kier alpha value is -3.44. The van der Waals surface area contributed by atoms with E-state index in [9.17, 15) is 0 Å². The van der Waals surface area contributed by atoms with Gasteiger partial charge in [-0.15, -0.1) is 11.3 Å². The van der Waals surface area contributed by atoms with E-state index in [1.807, 2.05) is 72.1 Å². The van der Waals surface area contributed by atoms with Gasteiger partial charge in [-0.25, -0.2) is 0 Å². The summed E-state index contributed by atoms with van der Waals surface area (Å²) in [5.74, 6) is 2.75. The first-order valence-electron chi connectivity index (χ1n) is 8.43. The second-order valence-electron chi connectivity index (χ2n) is 5.96. The van der Waals surface area contributed by atoms with Gasteiger partial charge >= 0.3 is 0 Å². The van der Waals surface area contributed by atoms with E-state index in [1.54, 1.807) is 23.5 Å². The smallest absolute Gasteiger partial charge is 0.139 e. The van der Waals surface area contributed by atoms with Crippen molar-refractivity contribution >= 4 is 22.7 Å². The predicted octanol–water partition coefficient (Wildman–Crippen LogP) is 6.16. The third-order valence-electron chi connectivity index (χ3n) is 3.93. The summed E-state index contributed by atoms with van der Waals surface area (Å²) in [7, 11) is 0. The van der Waals surface area contributed by atoms with Crippen LogP contribution in [0.5, 0.6) is 23.0 Å². The number of benzene rings is 3. The molecule has 0 aliphatic rings. The van der Waals surface area contributed by atoms with Crippen LogP contribution in [-0.4, -0.2) is 0 Å². The summed E-state index contributed by atoms with van der Waals surface area (Å²) in [6.45, 7) is 0. The number of hydrogen-bond acceptors (Lipinski definition) is 5. The van der Waals surface area contributed by atoms with E-state index in [0.29, 0.717) is 34.4 Å². The quantitative estimate of drug-likeness (QED) is 0.410. The number of nitrogens with two attached hydrogens (primary N) is 2. The number of anilines is 2. The van der Waals surface area contributed by atoms with Crippen molar-refractivity contribution in [1.82, 2.24) is 0 Å². The molecule has 4 aromatic rings. The average Bonchev–Trinajstić information content (AvgIpc) is 3.16. The minimum atomic E-state index is 0.650. The van der Waals surface area contributed by atoms with Crippen molar-refractivity contribution in [2.24, 2.45) is 0 Å². The molecule has 1 aromatic heterocycles. The van der Waals surface area contributed by atoms with Crippen molar-refractivity contribution in [3.63, 3.8) is 0 Å². The van der Waals surface area contributed by atoms with Gasteiger partial charge in [0.25, 0.3) is 0 Å². The predicted molar refractivity (Wildman–Crippen MR) is 112 cm³/mol. The van der Waals surface area contributed by atoms with Gasteiger partial charge in [0, 0.05) is 28.4 Å². The lowest BCUT2D eigenvalue weighted by Crippen LogP contribution is -1.93. The molecular weight excluding hydrogens is 356 g/mol. The van der Waals surface area contributed by atoms with Crippen LogP contribution in [0.2, 0.25) is 0 Å². The summed E-state index contributed by atoms with van der Waals surface area (Å²) in [5, 5.41) is 2.02. The molecule has 4 rings (SSSR count). The first-order valence-corrected chi connectivity index (χ1v) is 9.31. The molecule has 4 N–H and O–H groups in total. The van der Waals surface area contributed by atoms with Crippen LogP contribution in [0.25, 0.3) is 10.4 Å². The highest BCUT2D eigenvalue weighted by Gasteiger charge is 2.16. The molecule has 3 aromatic carbocycles. The monoisotopic (exact) mass is 374 g/mol. The van der Waals surface area contributed by atoms with Gasteiger partial charge in [-0.1, -0.05) is 24.3 Å². The highest BCUT2D eigenvalue weighted by Crippen LogP contribution is 2.44. The summed E-state index contributed by atoms with van der Waals surface area (Å²) >= 11 is 1.62. The zero-order chi connectivity index (χ0) is 18.6. The fraction of sp³-hybridized carbons (Fsp3) is 0. The molecule has 0 atom stereocenters. The normalized spacial score (nSPS) is 10.5. The lowest BCUT2D eigenvalue weighted by Gasteiger charge is -2.15. The molecule has 0 saturated carbocycles. The Balaban J connectivity index is 1.77. The number of thiophene rings is 1. The van der Waals surface area contributed by atoms with E-state index in [-0.39, 0.29) is 0 Å². The molecule has 0 fully saturated rings. The number of nitrogen functional groups attached to an aromatic ring is 2. The van der Waals surface area contributed by atoms with Crippen molar-refractivity contribution in [2.45, 2.75) is 0 Å². The van der Waals surface area contributed by atoms with E-state index in [0.717, 1.165) is 10.4 Å². The van der Waals surface area contributed by atoms with E-state index in [1.165, 1.54) is 0 Å². The minimum absolute atomic E-state index is 0.650. The summed E-state index contributed by atoms with van der Waals surface area (Å²) in [6, 6.07) is 24.5. The van der Waals surface area contributed by atoms with Crippen LogP contribution < -0.4 is 20.9 Å². The van der Waals surface area contributed by atoms with E-state index in [2.05, 4.69) is 0 Å². The van der Waals surface area contributed by atoms with Crippen LogP contribution >= 0.6 is 11.3 Å². The summed E-state index contributed by atoms with van der Waals surface area (Å²) in [6.07, 6.45) is 0. The van der Waals surface area contributed by atoms with Crippen molar-refractivity contribution in [3.05, 3.63) is 84.2 Å². The van der Waals surface area contributed by atoms with Crippen LogP contribution in [-0.2, 0) is 0 Å². The van der Waals surface area contributed by atoms with E-state index >= 15 is 0 Å². The van der Waals surface area contributed by atoms with Crippen LogP contribution in [0.1, 0.15) is 0 Å². The zero-order valence-electron chi connectivity index (χ0n) is 14.5.